The van der Waals surface area contributed by atoms with E-state index < -0.39 is 0 Å². The molecule has 1 heterocycles. The fourth-order valence-corrected chi connectivity index (χ4v) is 2.58. The largest absolute Gasteiger partial charge is 0.335 e. The van der Waals surface area contributed by atoms with Crippen molar-refractivity contribution in [2.75, 3.05) is 6.54 Å². The van der Waals surface area contributed by atoms with Crippen LogP contribution in [-0.2, 0) is 4.79 Å². The SMILES string of the molecule is CC(N)C(C)C(=O)N1CCCC1c1cccc(F)c1.Cl. The van der Waals surface area contributed by atoms with Crippen molar-refractivity contribution in [2.45, 2.75) is 38.8 Å². The average Bonchev–Trinajstić information content (AvgIpc) is 2.86. The molecule has 2 rings (SSSR count). The number of likely N-dealkylation sites (tertiary alicyclic amines) is 1. The minimum Gasteiger partial charge on any atom is -0.335 e. The normalized spacial score (nSPS) is 21.2. The highest BCUT2D eigenvalue weighted by Crippen LogP contribution is 2.33. The molecule has 0 bridgehead atoms. The highest BCUT2D eigenvalue weighted by atomic mass is 35.5. The summed E-state index contributed by atoms with van der Waals surface area (Å²) in [6.45, 7) is 4.43. The van der Waals surface area contributed by atoms with Gasteiger partial charge in [-0.1, -0.05) is 19.1 Å². The number of rotatable bonds is 3. The first-order valence-electron chi connectivity index (χ1n) is 6.82. The van der Waals surface area contributed by atoms with Crippen molar-refractivity contribution in [1.29, 1.82) is 0 Å². The third-order valence-corrected chi connectivity index (χ3v) is 3.95. The predicted molar refractivity (Wildman–Crippen MR) is 80.1 cm³/mol. The van der Waals surface area contributed by atoms with Gasteiger partial charge < -0.3 is 10.6 Å². The first-order valence-corrected chi connectivity index (χ1v) is 6.82. The topological polar surface area (TPSA) is 46.3 Å². The van der Waals surface area contributed by atoms with Crippen molar-refractivity contribution in [3.63, 3.8) is 0 Å². The van der Waals surface area contributed by atoms with Gasteiger partial charge in [0.1, 0.15) is 5.82 Å². The van der Waals surface area contributed by atoms with Crippen molar-refractivity contribution in [1.82, 2.24) is 4.90 Å². The molecule has 0 spiro atoms. The van der Waals surface area contributed by atoms with E-state index in [9.17, 15) is 9.18 Å². The molecule has 112 valence electrons. The molecule has 1 amide bonds. The van der Waals surface area contributed by atoms with Gasteiger partial charge in [0.05, 0.1) is 12.0 Å². The molecule has 5 heteroatoms. The first kappa shape index (κ1) is 16.9. The van der Waals surface area contributed by atoms with E-state index in [2.05, 4.69) is 0 Å². The lowest BCUT2D eigenvalue weighted by molar-refractivity contribution is -0.136. The zero-order valence-corrected chi connectivity index (χ0v) is 12.7. The van der Waals surface area contributed by atoms with E-state index in [-0.39, 0.29) is 42.1 Å². The molecule has 1 saturated heterocycles. The molecule has 0 aromatic heterocycles. The standard InChI is InChI=1S/C15H21FN2O.ClH/c1-10(11(2)17)15(19)18-8-4-7-14(18)12-5-3-6-13(16)9-12;/h3,5-6,9-11,14H,4,7-8,17H2,1-2H3;1H. The summed E-state index contributed by atoms with van der Waals surface area (Å²) in [5, 5.41) is 0. The Labute approximate surface area is 125 Å². The number of hydrogen-bond acceptors (Lipinski definition) is 2. The number of nitrogens with zero attached hydrogens (tertiary/aromatic N) is 1. The summed E-state index contributed by atoms with van der Waals surface area (Å²) in [4.78, 5) is 14.3. The highest BCUT2D eigenvalue weighted by molar-refractivity contribution is 5.85. The fourth-order valence-electron chi connectivity index (χ4n) is 2.58. The molecule has 1 aliphatic heterocycles. The second-order valence-electron chi connectivity index (χ2n) is 5.39. The lowest BCUT2D eigenvalue weighted by Crippen LogP contribution is -2.41. The third-order valence-electron chi connectivity index (χ3n) is 3.95. The van der Waals surface area contributed by atoms with Gasteiger partial charge in [0.2, 0.25) is 5.91 Å². The Morgan fingerprint density at radius 1 is 1.45 bits per heavy atom. The Balaban J connectivity index is 0.00000200. The van der Waals surface area contributed by atoms with Crippen LogP contribution in [0.3, 0.4) is 0 Å². The summed E-state index contributed by atoms with van der Waals surface area (Å²) in [6.07, 6.45) is 1.85. The van der Waals surface area contributed by atoms with Crippen molar-refractivity contribution in [2.24, 2.45) is 11.7 Å². The Kier molecular flexibility index (Phi) is 5.96. The highest BCUT2D eigenvalue weighted by Gasteiger charge is 2.33. The maximum atomic E-state index is 13.3. The van der Waals surface area contributed by atoms with Gasteiger partial charge in [-0.15, -0.1) is 12.4 Å². The zero-order valence-electron chi connectivity index (χ0n) is 11.9. The van der Waals surface area contributed by atoms with Crippen LogP contribution in [0.4, 0.5) is 4.39 Å². The van der Waals surface area contributed by atoms with Crippen LogP contribution in [0, 0.1) is 11.7 Å². The average molecular weight is 301 g/mol. The number of hydrogen-bond donors (Lipinski definition) is 1. The van der Waals surface area contributed by atoms with E-state index >= 15 is 0 Å². The summed E-state index contributed by atoms with van der Waals surface area (Å²) < 4.78 is 13.3. The Morgan fingerprint density at radius 3 is 2.75 bits per heavy atom. The minimum atomic E-state index is -0.253. The molecule has 3 nitrogen and oxygen atoms in total. The molecule has 1 aromatic rings. The van der Waals surface area contributed by atoms with Crippen LogP contribution >= 0.6 is 12.4 Å². The molecule has 20 heavy (non-hydrogen) atoms. The molecule has 3 unspecified atom stereocenters. The lowest BCUT2D eigenvalue weighted by atomic mass is 10.00. The fraction of sp³-hybridized carbons (Fsp3) is 0.533. The monoisotopic (exact) mass is 300 g/mol. The van der Waals surface area contributed by atoms with E-state index in [1.165, 1.54) is 12.1 Å². The molecular formula is C15H22ClFN2O. The van der Waals surface area contributed by atoms with Crippen molar-refractivity contribution < 1.29 is 9.18 Å². The summed E-state index contributed by atoms with van der Waals surface area (Å²) >= 11 is 0. The quantitative estimate of drug-likeness (QED) is 0.933. The van der Waals surface area contributed by atoms with Crippen LogP contribution in [0.5, 0.6) is 0 Å². The van der Waals surface area contributed by atoms with Gasteiger partial charge in [-0.25, -0.2) is 4.39 Å². The maximum absolute atomic E-state index is 13.3. The summed E-state index contributed by atoms with van der Waals surface area (Å²) in [5.74, 6) is -0.382. The van der Waals surface area contributed by atoms with E-state index in [1.807, 2.05) is 24.8 Å². The van der Waals surface area contributed by atoms with Gasteiger partial charge in [-0.05, 0) is 37.5 Å². The summed E-state index contributed by atoms with van der Waals surface area (Å²) in [5.41, 5.74) is 6.68. The van der Waals surface area contributed by atoms with Crippen LogP contribution in [0.1, 0.15) is 38.3 Å². The molecule has 0 aliphatic carbocycles. The molecular weight excluding hydrogens is 279 g/mol. The van der Waals surface area contributed by atoms with E-state index in [1.54, 1.807) is 6.07 Å². The van der Waals surface area contributed by atoms with Crippen molar-refractivity contribution in [3.8, 4) is 0 Å². The predicted octanol–water partition coefficient (Wildman–Crippen LogP) is 2.89. The number of benzene rings is 1. The van der Waals surface area contributed by atoms with Gasteiger partial charge >= 0.3 is 0 Å². The number of halogens is 2. The minimum absolute atomic E-state index is 0. The third kappa shape index (κ3) is 3.49. The Morgan fingerprint density at radius 2 is 2.15 bits per heavy atom. The van der Waals surface area contributed by atoms with Crippen LogP contribution in [0.2, 0.25) is 0 Å². The zero-order chi connectivity index (χ0) is 14.0. The smallest absolute Gasteiger partial charge is 0.227 e. The second-order valence-corrected chi connectivity index (χ2v) is 5.39. The Bertz CT molecular complexity index is 467. The first-order chi connectivity index (χ1) is 9.00. The van der Waals surface area contributed by atoms with Crippen LogP contribution in [0.15, 0.2) is 24.3 Å². The van der Waals surface area contributed by atoms with Crippen LogP contribution in [-0.4, -0.2) is 23.4 Å². The summed E-state index contributed by atoms with van der Waals surface area (Å²) in [6, 6.07) is 6.35. The molecule has 1 aromatic carbocycles. The second kappa shape index (κ2) is 7.04. The summed E-state index contributed by atoms with van der Waals surface area (Å²) in [7, 11) is 0. The van der Waals surface area contributed by atoms with Crippen molar-refractivity contribution in [3.05, 3.63) is 35.6 Å². The van der Waals surface area contributed by atoms with Crippen LogP contribution < -0.4 is 5.73 Å². The van der Waals surface area contributed by atoms with Gasteiger partial charge in [0, 0.05) is 12.6 Å². The molecule has 1 fully saturated rings. The van der Waals surface area contributed by atoms with E-state index in [0.29, 0.717) is 0 Å². The van der Waals surface area contributed by atoms with Gasteiger partial charge in [0.15, 0.2) is 0 Å². The Hall–Kier alpha value is -1.13. The number of amides is 1. The maximum Gasteiger partial charge on any atom is 0.227 e. The van der Waals surface area contributed by atoms with Crippen molar-refractivity contribution >= 4 is 18.3 Å². The lowest BCUT2D eigenvalue weighted by Gasteiger charge is -2.29. The van der Waals surface area contributed by atoms with Crippen LogP contribution in [0.25, 0.3) is 0 Å². The van der Waals surface area contributed by atoms with Gasteiger partial charge in [-0.2, -0.15) is 0 Å². The molecule has 0 radical (unpaired) electrons. The molecule has 3 atom stereocenters. The number of nitrogens with two attached hydrogens (primary N) is 1. The van der Waals surface area contributed by atoms with Gasteiger partial charge in [-0.3, -0.25) is 4.79 Å². The number of carbonyl (C=O) groups excluding carboxylic acids is 1. The molecule has 1 aliphatic rings. The van der Waals surface area contributed by atoms with E-state index in [4.69, 9.17) is 5.73 Å². The van der Waals surface area contributed by atoms with Gasteiger partial charge in [0.25, 0.3) is 0 Å². The number of carbonyl (C=O) groups is 1. The molecule has 2 N–H and O–H groups in total. The van der Waals surface area contributed by atoms with E-state index in [0.717, 1.165) is 24.9 Å². The molecule has 0 saturated carbocycles.